The topological polar surface area (TPSA) is 19.6 Å². The van der Waals surface area contributed by atoms with Gasteiger partial charge in [0.15, 0.2) is 0 Å². The average Bonchev–Trinajstić information content (AvgIpc) is 0.837. The normalized spacial score (nSPS) is 16.7. The maximum Gasteiger partial charge on any atom is 0.252 e. The highest BCUT2D eigenvalue weighted by Gasteiger charge is 2.48. The van der Waals surface area contributed by atoms with Crippen LogP contribution in [0.1, 0.15) is 78.4 Å². The monoisotopic (exact) mass is 1300 g/mol. The molecule has 4 bridgehead atoms. The summed E-state index contributed by atoms with van der Waals surface area (Å²) in [7, 11) is 0. The number of benzene rings is 13. The SMILES string of the molecule is CC(C)(C)c1ccc2c(c1)c1cc(C(C)(C)C)ccc1n2-c1ccc2c(c1)N(c1c(-c3ccccc3)cccc1-c1ccccc1)c1cc(-n3c4ccccc4c4ccccc43)cc3c1B2c1ccc(N2C4CC5=CC(C4)CC2C5)cc1N3c1c(-c2ccccc2)cccc1-c1ccccc1. The molecule has 5 nitrogen and oxygen atoms in total. The molecule has 2 aromatic heterocycles. The molecule has 6 heterocycles. The molecule has 101 heavy (non-hydrogen) atoms. The number of para-hydroxylation sites is 4. The standard InChI is InChI=1S/C95H78BN5/c1-94(2,3)66-41-47-85-79(54-66)80-55-67(95(4,5)6)42-48-86(80)98(85)69-44-46-82-88(57-69)101(93-75(64-29-15-9-16-30-64)37-24-38-76(93)65-31-17-10-18-32-65)90-59-72(99-83-39-21-19-33-77(83)78-34-20-22-40-84(78)99)58-89-91(90)96(82)81-45-43-68(97-70-50-60-49-61(52-70)53-71(97)51-60)56-87(81)100(89)92-73(62-25-11-7-12-26-62)35-23-36-74(92)63-27-13-8-14-28-63/h7-49,54-60,70-71H,50-53H2,1-6H3. The van der Waals surface area contributed by atoms with Crippen LogP contribution in [0.3, 0.4) is 0 Å². The molecule has 2 fully saturated rings. The van der Waals surface area contributed by atoms with Crippen LogP contribution in [0.15, 0.2) is 303 Å². The third-order valence-electron chi connectivity index (χ3n) is 23.2. The van der Waals surface area contributed by atoms with Gasteiger partial charge in [-0.3, -0.25) is 0 Å². The summed E-state index contributed by atoms with van der Waals surface area (Å²) in [4.78, 5) is 8.36. The van der Waals surface area contributed by atoms with Crippen molar-refractivity contribution in [3.8, 4) is 55.9 Å². The van der Waals surface area contributed by atoms with Crippen LogP contribution in [-0.4, -0.2) is 27.9 Å². The summed E-state index contributed by atoms with van der Waals surface area (Å²) < 4.78 is 5.14. The molecule has 13 aromatic carbocycles. The molecule has 6 aliphatic rings. The zero-order chi connectivity index (χ0) is 67.6. The van der Waals surface area contributed by atoms with Crippen LogP contribution >= 0.6 is 0 Å². The quantitative estimate of drug-likeness (QED) is 0.106. The Morgan fingerprint density at radius 3 is 1.13 bits per heavy atom. The van der Waals surface area contributed by atoms with Crippen LogP contribution in [0, 0.1) is 5.92 Å². The number of aromatic nitrogens is 2. The fourth-order valence-corrected chi connectivity index (χ4v) is 18.7. The maximum absolute atomic E-state index is 2.87. The molecule has 0 radical (unpaired) electrons. The number of rotatable bonds is 9. The van der Waals surface area contributed by atoms with Gasteiger partial charge in [0.2, 0.25) is 0 Å². The van der Waals surface area contributed by atoms with E-state index in [1.807, 2.05) is 0 Å². The minimum absolute atomic E-state index is 0.0479. The van der Waals surface area contributed by atoms with E-state index in [1.165, 1.54) is 107 Å². The smallest absolute Gasteiger partial charge is 0.252 e. The molecule has 2 saturated heterocycles. The van der Waals surface area contributed by atoms with Gasteiger partial charge >= 0.3 is 0 Å². The van der Waals surface area contributed by atoms with E-state index in [9.17, 15) is 0 Å². The highest BCUT2D eigenvalue weighted by Crippen LogP contribution is 2.56. The highest BCUT2D eigenvalue weighted by atomic mass is 15.2. The Kier molecular flexibility index (Phi) is 13.4. The first-order valence-electron chi connectivity index (χ1n) is 36.5. The molecule has 0 spiro atoms. The molecule has 486 valence electrons. The zero-order valence-corrected chi connectivity index (χ0v) is 58.2. The van der Waals surface area contributed by atoms with Crippen molar-refractivity contribution in [2.24, 2.45) is 5.92 Å². The third-order valence-corrected chi connectivity index (χ3v) is 23.2. The Balaban J connectivity index is 0.961. The zero-order valence-electron chi connectivity index (χ0n) is 58.2. The summed E-state index contributed by atoms with van der Waals surface area (Å²) in [5.41, 5.74) is 32.5. The van der Waals surface area contributed by atoms with E-state index >= 15 is 0 Å². The third kappa shape index (κ3) is 9.36. The van der Waals surface area contributed by atoms with Gasteiger partial charge in [0.05, 0.1) is 39.1 Å². The van der Waals surface area contributed by atoms with E-state index in [1.54, 1.807) is 5.57 Å². The van der Waals surface area contributed by atoms with E-state index in [0.29, 0.717) is 18.0 Å². The van der Waals surface area contributed by atoms with Gasteiger partial charge in [-0.2, -0.15) is 0 Å². The molecular formula is C95H78BN5. The van der Waals surface area contributed by atoms with Crippen LogP contribution in [0.4, 0.5) is 39.8 Å². The minimum Gasteiger partial charge on any atom is -0.365 e. The second-order valence-electron chi connectivity index (χ2n) is 31.2. The van der Waals surface area contributed by atoms with Gasteiger partial charge in [-0.15, -0.1) is 0 Å². The second kappa shape index (κ2) is 22.6. The molecule has 2 unspecified atom stereocenters. The lowest BCUT2D eigenvalue weighted by Crippen LogP contribution is -2.61. The van der Waals surface area contributed by atoms with Crippen LogP contribution in [0.2, 0.25) is 0 Å². The lowest BCUT2D eigenvalue weighted by atomic mass is 9.33. The predicted octanol–water partition coefficient (Wildman–Crippen LogP) is 22.9. The Hall–Kier alpha value is -11.3. The minimum atomic E-state index is -0.207. The fraction of sp³-hybridized carbons (Fsp3) is 0.158. The summed E-state index contributed by atoms with van der Waals surface area (Å²) >= 11 is 0. The summed E-state index contributed by atoms with van der Waals surface area (Å²) in [6.45, 7) is 13.8. The first kappa shape index (κ1) is 59.7. The maximum atomic E-state index is 2.87. The largest absolute Gasteiger partial charge is 0.365 e. The Morgan fingerprint density at radius 2 is 0.703 bits per heavy atom. The van der Waals surface area contributed by atoms with E-state index < -0.39 is 0 Å². The van der Waals surface area contributed by atoms with Gasteiger partial charge in [-0.05, 0) is 165 Å². The number of nitrogens with zero attached hydrogens (tertiary/aromatic N) is 5. The van der Waals surface area contributed by atoms with Crippen LogP contribution in [-0.2, 0) is 10.8 Å². The van der Waals surface area contributed by atoms with Crippen molar-refractivity contribution in [3.63, 3.8) is 0 Å². The average molecular weight is 1300 g/mol. The second-order valence-corrected chi connectivity index (χ2v) is 31.2. The fourth-order valence-electron chi connectivity index (χ4n) is 18.7. The van der Waals surface area contributed by atoms with E-state index in [-0.39, 0.29) is 17.5 Å². The molecule has 21 rings (SSSR count). The molecule has 0 N–H and O–H groups in total. The van der Waals surface area contributed by atoms with Crippen molar-refractivity contribution in [1.82, 2.24) is 9.13 Å². The van der Waals surface area contributed by atoms with Crippen molar-refractivity contribution < 1.29 is 0 Å². The number of piperidine rings is 2. The van der Waals surface area contributed by atoms with Crippen molar-refractivity contribution in [2.45, 2.75) is 90.1 Å². The molecule has 2 atom stereocenters. The summed E-state index contributed by atoms with van der Waals surface area (Å²) in [5.74, 6) is 0.661. The number of hydrogen-bond donors (Lipinski definition) is 0. The first-order chi connectivity index (χ1) is 49.4. The van der Waals surface area contributed by atoms with Crippen LogP contribution < -0.4 is 31.1 Å². The molecular weight excluding hydrogens is 1220 g/mol. The molecule has 4 aliphatic heterocycles. The highest BCUT2D eigenvalue weighted by molar-refractivity contribution is 7.00. The van der Waals surface area contributed by atoms with Crippen LogP contribution in [0.5, 0.6) is 0 Å². The summed E-state index contributed by atoms with van der Waals surface area (Å²) in [6.07, 6.45) is 7.33. The van der Waals surface area contributed by atoms with E-state index in [4.69, 9.17) is 0 Å². The van der Waals surface area contributed by atoms with Gasteiger partial charge in [0, 0.05) is 90.0 Å². The Bertz CT molecular complexity index is 5650. The van der Waals surface area contributed by atoms with E-state index in [0.717, 1.165) is 85.9 Å². The van der Waals surface area contributed by atoms with Gasteiger partial charge in [0.1, 0.15) is 0 Å². The Labute approximate surface area is 592 Å². The Morgan fingerprint density at radius 1 is 0.327 bits per heavy atom. The lowest BCUT2D eigenvalue weighted by Gasteiger charge is -2.54. The molecule has 0 amide bonds. The van der Waals surface area contributed by atoms with Gasteiger partial charge in [0.25, 0.3) is 6.71 Å². The molecule has 15 aromatic rings. The lowest BCUT2D eigenvalue weighted by molar-refractivity contribution is 0.265. The van der Waals surface area contributed by atoms with Crippen LogP contribution in [0.25, 0.3) is 99.5 Å². The first-order valence-corrected chi connectivity index (χ1v) is 36.5. The molecule has 6 heteroatoms. The van der Waals surface area contributed by atoms with E-state index in [2.05, 4.69) is 363 Å². The predicted molar refractivity (Wildman–Crippen MR) is 428 cm³/mol. The molecule has 0 saturated carbocycles. The summed E-state index contributed by atoms with van der Waals surface area (Å²) in [5, 5.41) is 5.00. The van der Waals surface area contributed by atoms with Crippen molar-refractivity contribution in [3.05, 3.63) is 314 Å². The number of anilines is 7. The summed E-state index contributed by atoms with van der Waals surface area (Å²) in [6, 6.07) is 113. The number of fused-ring (bicyclic) bond motifs is 10. The van der Waals surface area contributed by atoms with Crippen molar-refractivity contribution in [1.29, 1.82) is 0 Å². The van der Waals surface area contributed by atoms with Crippen molar-refractivity contribution >= 4 is 107 Å². The van der Waals surface area contributed by atoms with Gasteiger partial charge in [-0.1, -0.05) is 272 Å². The number of hydrogen-bond acceptors (Lipinski definition) is 3. The van der Waals surface area contributed by atoms with Gasteiger partial charge in [-0.25, -0.2) is 0 Å². The molecule has 2 aliphatic carbocycles. The van der Waals surface area contributed by atoms with Gasteiger partial charge < -0.3 is 23.8 Å². The van der Waals surface area contributed by atoms with Crippen molar-refractivity contribution in [2.75, 3.05) is 14.7 Å². The number of allylic oxidation sites excluding steroid dienone is 1.